The van der Waals surface area contributed by atoms with Gasteiger partial charge in [-0.15, -0.1) is 0 Å². The fourth-order valence-corrected chi connectivity index (χ4v) is 3.55. The van der Waals surface area contributed by atoms with E-state index in [9.17, 15) is 14.9 Å². The smallest absolute Gasteiger partial charge is 0.275 e. The van der Waals surface area contributed by atoms with Gasteiger partial charge in [0, 0.05) is 23.9 Å². The molecule has 1 aliphatic heterocycles. The van der Waals surface area contributed by atoms with E-state index >= 15 is 0 Å². The summed E-state index contributed by atoms with van der Waals surface area (Å²) in [4.78, 5) is 26.1. The van der Waals surface area contributed by atoms with Gasteiger partial charge in [0.05, 0.1) is 31.1 Å². The van der Waals surface area contributed by atoms with Crippen molar-refractivity contribution < 1.29 is 14.6 Å². The number of hydrogen-bond acceptors (Lipinski definition) is 4. The van der Waals surface area contributed by atoms with E-state index in [1.54, 1.807) is 24.3 Å². The third-order valence-corrected chi connectivity index (χ3v) is 5.20. The molecular formula is C20H33N4O3+. The summed E-state index contributed by atoms with van der Waals surface area (Å²) in [5, 5.41) is 13.9. The number of benzene rings is 1. The summed E-state index contributed by atoms with van der Waals surface area (Å²) in [6.07, 6.45) is 5.97. The molecule has 7 heteroatoms. The molecule has 27 heavy (non-hydrogen) atoms. The SMILES string of the molecule is CCCCCC[C@H](C)NC(=O)C[NH+]1CCN(c2ccc([N+](=O)[O-])cc2)CC1. The van der Waals surface area contributed by atoms with Crippen molar-refractivity contribution in [2.24, 2.45) is 0 Å². The molecular weight excluding hydrogens is 344 g/mol. The maximum Gasteiger partial charge on any atom is 0.275 e. The molecule has 0 radical (unpaired) electrons. The monoisotopic (exact) mass is 377 g/mol. The van der Waals surface area contributed by atoms with Crippen molar-refractivity contribution >= 4 is 17.3 Å². The van der Waals surface area contributed by atoms with Crippen LogP contribution in [0.4, 0.5) is 11.4 Å². The molecule has 150 valence electrons. The molecule has 0 saturated carbocycles. The highest BCUT2D eigenvalue weighted by molar-refractivity contribution is 5.77. The highest BCUT2D eigenvalue weighted by Gasteiger charge is 2.23. The van der Waals surface area contributed by atoms with Crippen LogP contribution in [-0.2, 0) is 4.79 Å². The molecule has 0 spiro atoms. The first kappa shape index (κ1) is 21.2. The number of hydrogen-bond donors (Lipinski definition) is 2. The molecule has 0 aromatic heterocycles. The number of anilines is 1. The quantitative estimate of drug-likeness (QED) is 0.370. The van der Waals surface area contributed by atoms with Gasteiger partial charge in [0.15, 0.2) is 6.54 Å². The van der Waals surface area contributed by atoms with E-state index in [4.69, 9.17) is 0 Å². The van der Waals surface area contributed by atoms with Gasteiger partial charge in [-0.25, -0.2) is 0 Å². The average Bonchev–Trinajstić information content (AvgIpc) is 2.66. The van der Waals surface area contributed by atoms with Crippen LogP contribution in [-0.4, -0.2) is 49.6 Å². The third-order valence-electron chi connectivity index (χ3n) is 5.20. The van der Waals surface area contributed by atoms with E-state index in [0.29, 0.717) is 6.54 Å². The number of non-ortho nitro benzene ring substituents is 1. The second kappa shape index (κ2) is 10.9. The Kier molecular flexibility index (Phi) is 8.51. The van der Waals surface area contributed by atoms with Gasteiger partial charge in [0.1, 0.15) is 0 Å². The Balaban J connectivity index is 1.69. The highest BCUT2D eigenvalue weighted by Crippen LogP contribution is 2.19. The topological polar surface area (TPSA) is 79.9 Å². The van der Waals surface area contributed by atoms with Crippen LogP contribution in [0.25, 0.3) is 0 Å². The van der Waals surface area contributed by atoms with Crippen molar-refractivity contribution in [3.05, 3.63) is 34.4 Å². The predicted molar refractivity (Wildman–Crippen MR) is 107 cm³/mol. The summed E-state index contributed by atoms with van der Waals surface area (Å²) in [5.41, 5.74) is 1.12. The Bertz CT molecular complexity index is 598. The summed E-state index contributed by atoms with van der Waals surface area (Å²) in [7, 11) is 0. The molecule has 1 heterocycles. The molecule has 1 fully saturated rings. The number of carbonyl (C=O) groups is 1. The standard InChI is InChI=1S/C20H32N4O3/c1-3-4-5-6-7-17(2)21-20(25)16-22-12-14-23(15-13-22)18-8-10-19(11-9-18)24(26)27/h8-11,17H,3-7,12-16H2,1-2H3,(H,21,25)/p+1/t17-/m0/s1. The van der Waals surface area contributed by atoms with Gasteiger partial charge in [-0.05, 0) is 25.5 Å². The number of nitrogens with zero attached hydrogens (tertiary/aromatic N) is 2. The molecule has 1 amide bonds. The molecule has 7 nitrogen and oxygen atoms in total. The number of amides is 1. The van der Waals surface area contributed by atoms with Crippen LogP contribution in [0.1, 0.15) is 46.0 Å². The van der Waals surface area contributed by atoms with Gasteiger partial charge in [-0.2, -0.15) is 0 Å². The molecule has 1 saturated heterocycles. The zero-order valence-electron chi connectivity index (χ0n) is 16.6. The highest BCUT2D eigenvalue weighted by atomic mass is 16.6. The van der Waals surface area contributed by atoms with E-state index in [1.165, 1.54) is 30.6 Å². The first-order valence-electron chi connectivity index (χ1n) is 10.1. The van der Waals surface area contributed by atoms with Crippen molar-refractivity contribution in [1.82, 2.24) is 5.32 Å². The van der Waals surface area contributed by atoms with E-state index < -0.39 is 0 Å². The lowest BCUT2D eigenvalue weighted by Gasteiger charge is -2.33. The second-order valence-electron chi connectivity index (χ2n) is 7.51. The molecule has 0 aliphatic carbocycles. The summed E-state index contributed by atoms with van der Waals surface area (Å²) in [6.45, 7) is 8.32. The maximum atomic E-state index is 12.3. The first-order chi connectivity index (χ1) is 13.0. The summed E-state index contributed by atoms with van der Waals surface area (Å²) in [5.74, 6) is 0.136. The fraction of sp³-hybridized carbons (Fsp3) is 0.650. The van der Waals surface area contributed by atoms with E-state index in [2.05, 4.69) is 24.1 Å². The average molecular weight is 378 g/mol. The van der Waals surface area contributed by atoms with Crippen LogP contribution in [0.2, 0.25) is 0 Å². The fourth-order valence-electron chi connectivity index (χ4n) is 3.55. The Morgan fingerprint density at radius 1 is 1.22 bits per heavy atom. The van der Waals surface area contributed by atoms with Gasteiger partial charge >= 0.3 is 0 Å². The van der Waals surface area contributed by atoms with Crippen molar-refractivity contribution in [3.8, 4) is 0 Å². The number of unbranched alkanes of at least 4 members (excludes halogenated alkanes) is 3. The Hall–Kier alpha value is -2.15. The Morgan fingerprint density at radius 3 is 2.48 bits per heavy atom. The minimum absolute atomic E-state index is 0.114. The van der Waals surface area contributed by atoms with Gasteiger partial charge in [0.2, 0.25) is 0 Å². The molecule has 1 aliphatic rings. The van der Waals surface area contributed by atoms with Crippen molar-refractivity contribution in [1.29, 1.82) is 0 Å². The van der Waals surface area contributed by atoms with Crippen LogP contribution >= 0.6 is 0 Å². The van der Waals surface area contributed by atoms with Crippen LogP contribution in [0.15, 0.2) is 24.3 Å². The third kappa shape index (κ3) is 7.17. The molecule has 2 N–H and O–H groups in total. The lowest BCUT2D eigenvalue weighted by Crippen LogP contribution is -3.16. The van der Waals surface area contributed by atoms with Crippen LogP contribution in [0.5, 0.6) is 0 Å². The van der Waals surface area contributed by atoms with Crippen LogP contribution in [0.3, 0.4) is 0 Å². The van der Waals surface area contributed by atoms with E-state index in [0.717, 1.165) is 38.3 Å². The minimum Gasteiger partial charge on any atom is -0.360 e. The lowest BCUT2D eigenvalue weighted by molar-refractivity contribution is -0.892. The second-order valence-corrected chi connectivity index (χ2v) is 7.51. The lowest BCUT2D eigenvalue weighted by atomic mass is 10.1. The summed E-state index contributed by atoms with van der Waals surface area (Å²) in [6, 6.07) is 6.94. The molecule has 1 atom stereocenters. The van der Waals surface area contributed by atoms with Crippen molar-refractivity contribution in [2.45, 2.75) is 52.0 Å². The molecule has 2 rings (SSSR count). The number of carbonyl (C=O) groups excluding carboxylic acids is 1. The summed E-state index contributed by atoms with van der Waals surface area (Å²) >= 11 is 0. The number of nitrogens with one attached hydrogen (secondary N) is 2. The number of nitro benzene ring substituents is 1. The normalized spacial score (nSPS) is 16.1. The predicted octanol–water partition coefficient (Wildman–Crippen LogP) is 1.77. The largest absolute Gasteiger partial charge is 0.360 e. The van der Waals surface area contributed by atoms with Crippen LogP contribution < -0.4 is 15.1 Å². The number of quaternary nitrogens is 1. The van der Waals surface area contributed by atoms with E-state index in [1.807, 2.05) is 0 Å². The van der Waals surface area contributed by atoms with Gasteiger partial charge in [-0.3, -0.25) is 14.9 Å². The maximum absolute atomic E-state index is 12.3. The zero-order valence-corrected chi connectivity index (χ0v) is 16.6. The first-order valence-corrected chi connectivity index (χ1v) is 10.1. The zero-order chi connectivity index (χ0) is 19.6. The molecule has 0 unspecified atom stereocenters. The molecule has 0 bridgehead atoms. The number of rotatable bonds is 10. The Morgan fingerprint density at radius 2 is 1.89 bits per heavy atom. The number of nitro groups is 1. The minimum atomic E-state index is -0.380. The molecule has 1 aromatic rings. The number of piperazine rings is 1. The van der Waals surface area contributed by atoms with Gasteiger partial charge in [-0.1, -0.05) is 32.6 Å². The molecule has 1 aromatic carbocycles. The summed E-state index contributed by atoms with van der Waals surface area (Å²) < 4.78 is 0. The Labute approximate surface area is 161 Å². The van der Waals surface area contributed by atoms with Gasteiger partial charge in [0.25, 0.3) is 11.6 Å². The van der Waals surface area contributed by atoms with Crippen LogP contribution in [0, 0.1) is 10.1 Å². The van der Waals surface area contributed by atoms with Crippen molar-refractivity contribution in [3.63, 3.8) is 0 Å². The van der Waals surface area contributed by atoms with E-state index in [-0.39, 0.29) is 22.6 Å². The van der Waals surface area contributed by atoms with Crippen molar-refractivity contribution in [2.75, 3.05) is 37.6 Å². The van der Waals surface area contributed by atoms with Gasteiger partial charge < -0.3 is 15.1 Å².